The van der Waals surface area contributed by atoms with Crippen molar-refractivity contribution in [3.05, 3.63) is 12.2 Å². The van der Waals surface area contributed by atoms with Gasteiger partial charge in [0.05, 0.1) is 0 Å². The highest BCUT2D eigenvalue weighted by atomic mass is 16.2. The van der Waals surface area contributed by atoms with Crippen LogP contribution in [0, 0.1) is 0 Å². The summed E-state index contributed by atoms with van der Waals surface area (Å²) in [5.41, 5.74) is 0. The van der Waals surface area contributed by atoms with Crippen molar-refractivity contribution in [2.75, 3.05) is 34.2 Å². The highest BCUT2D eigenvalue weighted by Gasteiger charge is 2.21. The largest absolute Gasteiger partial charge is 0.354 e. The monoisotopic (exact) mass is 692 g/mol. The zero-order valence-electron chi connectivity index (χ0n) is 33.5. The van der Waals surface area contributed by atoms with Gasteiger partial charge in [0, 0.05) is 19.5 Å². The van der Waals surface area contributed by atoms with Crippen LogP contribution < -0.4 is 21.3 Å². The second-order valence-electron chi connectivity index (χ2n) is 14.7. The van der Waals surface area contributed by atoms with Crippen LogP contribution in [0.1, 0.15) is 200 Å². The lowest BCUT2D eigenvalue weighted by Gasteiger charge is -2.26. The molecule has 0 bridgehead atoms. The number of allylic oxidation sites excluding steroid dienone is 2. The standard InChI is InChI=1S/C42H85N5O2/c1-6-8-10-12-14-16-18-20-22-23-25-27-29-31-33-35-40(48)46-39(36-38-45-42(43-3)47(4)5)41(49)44-37-34-32-30-28-26-24-21-19-17-15-13-11-9-7-2/h20,22,39,42-43,45H,6-19,21,23-38H2,1-5H3,(H,44,49)(H,46,48). The van der Waals surface area contributed by atoms with Crippen LogP contribution in [0.25, 0.3) is 0 Å². The van der Waals surface area contributed by atoms with E-state index in [2.05, 4.69) is 52.2 Å². The second-order valence-corrected chi connectivity index (χ2v) is 14.7. The molecule has 0 heterocycles. The molecule has 0 aromatic carbocycles. The highest BCUT2D eigenvalue weighted by molar-refractivity contribution is 5.87. The number of carbonyl (C=O) groups is 2. The Morgan fingerprint density at radius 3 is 1.45 bits per heavy atom. The number of hydrogen-bond donors (Lipinski definition) is 4. The van der Waals surface area contributed by atoms with Crippen molar-refractivity contribution in [1.29, 1.82) is 0 Å². The van der Waals surface area contributed by atoms with Crippen molar-refractivity contribution >= 4 is 11.8 Å². The van der Waals surface area contributed by atoms with Crippen LogP contribution >= 0.6 is 0 Å². The van der Waals surface area contributed by atoms with Crippen LogP contribution in [0.3, 0.4) is 0 Å². The predicted octanol–water partition coefficient (Wildman–Crippen LogP) is 10.2. The maximum absolute atomic E-state index is 13.1. The topological polar surface area (TPSA) is 85.5 Å². The predicted molar refractivity (Wildman–Crippen MR) is 214 cm³/mol. The van der Waals surface area contributed by atoms with E-state index in [-0.39, 0.29) is 18.1 Å². The number of unbranched alkanes of at least 4 members (excludes halogenated alkanes) is 24. The van der Waals surface area contributed by atoms with E-state index in [9.17, 15) is 9.59 Å². The molecule has 0 fully saturated rings. The Morgan fingerprint density at radius 2 is 1.00 bits per heavy atom. The van der Waals surface area contributed by atoms with E-state index in [1.807, 2.05) is 21.1 Å². The van der Waals surface area contributed by atoms with Crippen LogP contribution in [0.5, 0.6) is 0 Å². The van der Waals surface area contributed by atoms with Crippen molar-refractivity contribution in [3.8, 4) is 0 Å². The Balaban J connectivity index is 4.17. The fourth-order valence-electron chi connectivity index (χ4n) is 6.45. The Bertz CT molecular complexity index is 745. The molecule has 0 aromatic rings. The maximum Gasteiger partial charge on any atom is 0.242 e. The van der Waals surface area contributed by atoms with Gasteiger partial charge >= 0.3 is 0 Å². The Labute approximate surface area is 305 Å². The number of carbonyl (C=O) groups excluding carboxylic acids is 2. The first-order valence-corrected chi connectivity index (χ1v) is 21.2. The van der Waals surface area contributed by atoms with Gasteiger partial charge in [0.1, 0.15) is 12.3 Å². The van der Waals surface area contributed by atoms with Gasteiger partial charge in [0.2, 0.25) is 11.8 Å². The molecule has 0 rings (SSSR count). The third-order valence-corrected chi connectivity index (χ3v) is 9.71. The lowest BCUT2D eigenvalue weighted by Crippen LogP contribution is -2.53. The molecular weight excluding hydrogens is 606 g/mol. The minimum atomic E-state index is -0.505. The van der Waals surface area contributed by atoms with Gasteiger partial charge in [0.25, 0.3) is 0 Å². The molecule has 2 unspecified atom stereocenters. The molecule has 0 spiro atoms. The van der Waals surface area contributed by atoms with E-state index in [1.165, 1.54) is 148 Å². The third-order valence-electron chi connectivity index (χ3n) is 9.71. The van der Waals surface area contributed by atoms with E-state index >= 15 is 0 Å². The van der Waals surface area contributed by atoms with Crippen molar-refractivity contribution in [2.24, 2.45) is 0 Å². The van der Waals surface area contributed by atoms with Crippen molar-refractivity contribution in [2.45, 2.75) is 212 Å². The molecule has 0 saturated heterocycles. The first-order valence-electron chi connectivity index (χ1n) is 21.2. The molecule has 290 valence electrons. The lowest BCUT2D eigenvalue weighted by atomic mass is 10.0. The Morgan fingerprint density at radius 1 is 0.571 bits per heavy atom. The molecular formula is C42H85N5O2. The van der Waals surface area contributed by atoms with Crippen molar-refractivity contribution in [3.63, 3.8) is 0 Å². The minimum Gasteiger partial charge on any atom is -0.354 e. The van der Waals surface area contributed by atoms with Gasteiger partial charge in [-0.05, 0) is 66.1 Å². The summed E-state index contributed by atoms with van der Waals surface area (Å²) in [6.07, 6.45) is 40.5. The van der Waals surface area contributed by atoms with Crippen LogP contribution in [-0.4, -0.2) is 63.3 Å². The average molecular weight is 692 g/mol. The molecule has 0 aliphatic rings. The molecule has 0 aromatic heterocycles. The first-order chi connectivity index (χ1) is 24.0. The summed E-state index contributed by atoms with van der Waals surface area (Å²) < 4.78 is 0. The summed E-state index contributed by atoms with van der Waals surface area (Å²) >= 11 is 0. The summed E-state index contributed by atoms with van der Waals surface area (Å²) in [5.74, 6) is -0.0627. The molecule has 2 atom stereocenters. The number of amides is 2. The number of hydrogen-bond acceptors (Lipinski definition) is 5. The molecule has 7 heteroatoms. The van der Waals surface area contributed by atoms with Crippen LogP contribution in [-0.2, 0) is 9.59 Å². The van der Waals surface area contributed by atoms with E-state index in [4.69, 9.17) is 0 Å². The summed E-state index contributed by atoms with van der Waals surface area (Å²) in [4.78, 5) is 28.0. The van der Waals surface area contributed by atoms with Gasteiger partial charge in [-0.3, -0.25) is 25.1 Å². The molecule has 4 N–H and O–H groups in total. The fourth-order valence-corrected chi connectivity index (χ4v) is 6.45. The first kappa shape index (κ1) is 47.6. The van der Waals surface area contributed by atoms with E-state index in [0.29, 0.717) is 25.9 Å². The maximum atomic E-state index is 13.1. The van der Waals surface area contributed by atoms with Crippen LogP contribution in [0.15, 0.2) is 12.2 Å². The Kier molecular flexibility index (Phi) is 36.7. The molecule has 0 saturated carbocycles. The van der Waals surface area contributed by atoms with Gasteiger partial charge in [-0.25, -0.2) is 0 Å². The molecule has 0 aliphatic heterocycles. The zero-order chi connectivity index (χ0) is 36.0. The summed E-state index contributed by atoms with van der Waals surface area (Å²) in [5, 5.41) is 12.8. The Hall–Kier alpha value is -1.44. The molecule has 2 amide bonds. The minimum absolute atomic E-state index is 0.00736. The van der Waals surface area contributed by atoms with Crippen LogP contribution in [0.4, 0.5) is 0 Å². The van der Waals surface area contributed by atoms with Crippen molar-refractivity contribution < 1.29 is 9.59 Å². The molecule has 7 nitrogen and oxygen atoms in total. The van der Waals surface area contributed by atoms with E-state index in [1.54, 1.807) is 0 Å². The van der Waals surface area contributed by atoms with Crippen LogP contribution in [0.2, 0.25) is 0 Å². The lowest BCUT2D eigenvalue weighted by molar-refractivity contribution is -0.129. The fraction of sp³-hybridized carbons (Fsp3) is 0.905. The van der Waals surface area contributed by atoms with Gasteiger partial charge in [0.15, 0.2) is 0 Å². The number of nitrogens with one attached hydrogen (secondary N) is 4. The quantitative estimate of drug-likeness (QED) is 0.0294. The smallest absolute Gasteiger partial charge is 0.242 e. The summed E-state index contributed by atoms with van der Waals surface area (Å²) in [7, 11) is 5.92. The highest BCUT2D eigenvalue weighted by Crippen LogP contribution is 2.13. The second kappa shape index (κ2) is 37.8. The molecule has 0 radical (unpaired) electrons. The summed E-state index contributed by atoms with van der Waals surface area (Å²) in [6.45, 7) is 5.86. The van der Waals surface area contributed by atoms with E-state index in [0.717, 1.165) is 25.7 Å². The molecule has 0 aliphatic carbocycles. The van der Waals surface area contributed by atoms with Gasteiger partial charge in [-0.2, -0.15) is 0 Å². The molecule has 49 heavy (non-hydrogen) atoms. The van der Waals surface area contributed by atoms with Crippen molar-refractivity contribution in [1.82, 2.24) is 26.2 Å². The zero-order valence-corrected chi connectivity index (χ0v) is 33.5. The van der Waals surface area contributed by atoms with E-state index < -0.39 is 6.04 Å². The van der Waals surface area contributed by atoms with Gasteiger partial charge in [-0.1, -0.05) is 161 Å². The number of rotatable bonds is 38. The normalized spacial score (nSPS) is 12.9. The SMILES string of the molecule is CCCCCCCCC=CCCCCCCCC(=O)NC(CCNC(NC)N(C)C)C(=O)NCCCCCCCCCCCCCCCC. The summed E-state index contributed by atoms with van der Waals surface area (Å²) in [6, 6.07) is -0.505. The third kappa shape index (κ3) is 33.5. The van der Waals surface area contributed by atoms with Gasteiger partial charge in [-0.15, -0.1) is 0 Å². The van der Waals surface area contributed by atoms with Gasteiger partial charge < -0.3 is 10.6 Å². The average Bonchev–Trinajstić information content (AvgIpc) is 3.09. The number of nitrogens with zero attached hydrogens (tertiary/aromatic N) is 1.